The molecule has 0 amide bonds. The molecule has 0 atom stereocenters. The third kappa shape index (κ3) is 3.67. The van der Waals surface area contributed by atoms with Gasteiger partial charge in [0.1, 0.15) is 6.07 Å². The lowest BCUT2D eigenvalue weighted by Gasteiger charge is -2.01. The fraction of sp³-hybridized carbons (Fsp3) is 0.0556. The third-order valence-corrected chi connectivity index (χ3v) is 5.33. The van der Waals surface area contributed by atoms with E-state index in [1.54, 1.807) is 30.3 Å². The first-order chi connectivity index (χ1) is 12.0. The van der Waals surface area contributed by atoms with E-state index in [4.69, 9.17) is 23.2 Å². The summed E-state index contributed by atoms with van der Waals surface area (Å²) in [4.78, 5) is 13.2. The molecule has 0 saturated heterocycles. The highest BCUT2D eigenvalue weighted by Gasteiger charge is 2.21. The molecular formula is C18H11Cl2N3OS. The molecular weight excluding hydrogens is 377 g/mol. The molecule has 1 aromatic heterocycles. The standard InChI is InChI=1S/C18H11Cl2N3OS/c1-10-14-8-12(20)4-7-16(14)25-18(10)17(24)15(9-21)23-22-13-5-2-11(19)3-6-13/h2-8,22H,1H3/b23-15+. The van der Waals surface area contributed by atoms with Crippen LogP contribution in [0.2, 0.25) is 10.0 Å². The first-order valence-corrected chi connectivity index (χ1v) is 8.79. The zero-order valence-electron chi connectivity index (χ0n) is 13.0. The Morgan fingerprint density at radius 2 is 1.84 bits per heavy atom. The molecule has 2 aromatic carbocycles. The van der Waals surface area contributed by atoms with Gasteiger partial charge in [-0.3, -0.25) is 10.2 Å². The molecule has 1 N–H and O–H groups in total. The average Bonchev–Trinajstić information content (AvgIpc) is 2.93. The molecule has 0 saturated carbocycles. The van der Waals surface area contributed by atoms with Crippen LogP contribution in [0.1, 0.15) is 15.2 Å². The van der Waals surface area contributed by atoms with Crippen molar-refractivity contribution in [2.45, 2.75) is 6.92 Å². The van der Waals surface area contributed by atoms with Crippen molar-refractivity contribution in [1.29, 1.82) is 5.26 Å². The summed E-state index contributed by atoms with van der Waals surface area (Å²) in [6.45, 7) is 1.84. The van der Waals surface area contributed by atoms with Crippen LogP contribution in [0.4, 0.5) is 5.69 Å². The molecule has 3 rings (SSSR count). The second-order valence-corrected chi connectivity index (χ2v) is 7.14. The van der Waals surface area contributed by atoms with Crippen molar-refractivity contribution in [3.63, 3.8) is 0 Å². The molecule has 0 aliphatic heterocycles. The second kappa shape index (κ2) is 7.24. The number of fused-ring (bicyclic) bond motifs is 1. The Balaban J connectivity index is 1.92. The maximum atomic E-state index is 12.7. The van der Waals surface area contributed by atoms with E-state index in [-0.39, 0.29) is 5.71 Å². The van der Waals surface area contributed by atoms with Gasteiger partial charge in [0.15, 0.2) is 0 Å². The maximum absolute atomic E-state index is 12.7. The molecule has 0 fully saturated rings. The van der Waals surface area contributed by atoms with Crippen molar-refractivity contribution in [1.82, 2.24) is 0 Å². The maximum Gasteiger partial charge on any atom is 0.234 e. The zero-order chi connectivity index (χ0) is 18.0. The van der Waals surface area contributed by atoms with Gasteiger partial charge in [0, 0.05) is 14.7 Å². The summed E-state index contributed by atoms with van der Waals surface area (Å²) < 4.78 is 0.938. The van der Waals surface area contributed by atoms with Gasteiger partial charge in [0.25, 0.3) is 0 Å². The number of halogens is 2. The molecule has 4 nitrogen and oxygen atoms in total. The minimum atomic E-state index is -0.418. The molecule has 124 valence electrons. The number of nitrogens with one attached hydrogen (secondary N) is 1. The van der Waals surface area contributed by atoms with Crippen LogP contribution in [0.5, 0.6) is 0 Å². The Morgan fingerprint density at radius 1 is 1.16 bits per heavy atom. The number of anilines is 1. The number of Topliss-reactive ketones (excluding diaryl/α,β-unsaturated/α-hetero) is 1. The number of thiophene rings is 1. The van der Waals surface area contributed by atoms with Crippen LogP contribution in [-0.2, 0) is 0 Å². The van der Waals surface area contributed by atoms with Crippen LogP contribution >= 0.6 is 34.5 Å². The number of carbonyl (C=O) groups excluding carboxylic acids is 1. The topological polar surface area (TPSA) is 65.2 Å². The highest BCUT2D eigenvalue weighted by atomic mass is 35.5. The fourth-order valence-corrected chi connectivity index (χ4v) is 3.72. The highest BCUT2D eigenvalue weighted by Crippen LogP contribution is 2.33. The van der Waals surface area contributed by atoms with Gasteiger partial charge in [-0.15, -0.1) is 11.3 Å². The van der Waals surface area contributed by atoms with Crippen molar-refractivity contribution >= 4 is 61.8 Å². The van der Waals surface area contributed by atoms with Crippen LogP contribution in [0.25, 0.3) is 10.1 Å². The Hall–Kier alpha value is -2.39. The normalized spacial score (nSPS) is 11.4. The van der Waals surface area contributed by atoms with Gasteiger partial charge < -0.3 is 0 Å². The second-order valence-electron chi connectivity index (χ2n) is 5.22. The summed E-state index contributed by atoms with van der Waals surface area (Å²) in [5.74, 6) is -0.418. The molecule has 7 heteroatoms. The van der Waals surface area contributed by atoms with Gasteiger partial charge in [0.2, 0.25) is 11.5 Å². The average molecular weight is 388 g/mol. The third-order valence-electron chi connectivity index (χ3n) is 3.57. The van der Waals surface area contributed by atoms with E-state index in [2.05, 4.69) is 10.5 Å². The SMILES string of the molecule is Cc1c(C(=O)/C(C#N)=N/Nc2ccc(Cl)cc2)sc2ccc(Cl)cc12. The quantitative estimate of drug-likeness (QED) is 0.355. The molecule has 0 spiro atoms. The van der Waals surface area contributed by atoms with Crippen LogP contribution in [-0.4, -0.2) is 11.5 Å². The first-order valence-electron chi connectivity index (χ1n) is 7.22. The Morgan fingerprint density at radius 3 is 2.52 bits per heavy atom. The van der Waals surface area contributed by atoms with Gasteiger partial charge in [0.05, 0.1) is 10.6 Å². The van der Waals surface area contributed by atoms with E-state index in [1.165, 1.54) is 11.3 Å². The number of ketones is 1. The lowest BCUT2D eigenvalue weighted by molar-refractivity contribution is 0.107. The van der Waals surface area contributed by atoms with Crippen LogP contribution in [0.15, 0.2) is 47.6 Å². The van der Waals surface area contributed by atoms with Crippen LogP contribution < -0.4 is 5.43 Å². The minimum absolute atomic E-state index is 0.212. The van der Waals surface area contributed by atoms with Gasteiger partial charge >= 0.3 is 0 Å². The van der Waals surface area contributed by atoms with Crippen LogP contribution in [0, 0.1) is 18.3 Å². The van der Waals surface area contributed by atoms with E-state index >= 15 is 0 Å². The molecule has 0 radical (unpaired) electrons. The summed E-state index contributed by atoms with van der Waals surface area (Å²) in [5.41, 5.74) is 3.92. The lowest BCUT2D eigenvalue weighted by atomic mass is 10.1. The number of nitrogens with zero attached hydrogens (tertiary/aromatic N) is 2. The van der Waals surface area contributed by atoms with E-state index in [9.17, 15) is 10.1 Å². The minimum Gasteiger partial charge on any atom is -0.285 e. The molecule has 3 aromatic rings. The van der Waals surface area contributed by atoms with Crippen molar-refractivity contribution < 1.29 is 4.79 Å². The van der Waals surface area contributed by atoms with Gasteiger partial charge in [-0.25, -0.2) is 0 Å². The monoisotopic (exact) mass is 387 g/mol. The summed E-state index contributed by atoms with van der Waals surface area (Å²) in [6.07, 6.45) is 0. The summed E-state index contributed by atoms with van der Waals surface area (Å²) in [5, 5.41) is 15.3. The summed E-state index contributed by atoms with van der Waals surface area (Å²) >= 11 is 13.2. The van der Waals surface area contributed by atoms with E-state index in [1.807, 2.05) is 25.1 Å². The number of hydrogen-bond acceptors (Lipinski definition) is 5. The number of benzene rings is 2. The molecule has 0 unspecified atom stereocenters. The predicted molar refractivity (Wildman–Crippen MR) is 104 cm³/mol. The van der Waals surface area contributed by atoms with E-state index in [0.717, 1.165) is 15.6 Å². The first kappa shape index (κ1) is 17.4. The Kier molecular flexibility index (Phi) is 5.05. The summed E-state index contributed by atoms with van der Waals surface area (Å²) in [6, 6.07) is 14.1. The van der Waals surface area contributed by atoms with Crippen LogP contribution in [0.3, 0.4) is 0 Å². The fourth-order valence-electron chi connectivity index (χ4n) is 2.29. The number of carbonyl (C=O) groups is 1. The number of nitriles is 1. The Labute approximate surface area is 158 Å². The number of rotatable bonds is 4. The van der Waals surface area contributed by atoms with Crippen molar-refractivity contribution in [3.8, 4) is 6.07 Å². The predicted octanol–water partition coefficient (Wildman–Crippen LogP) is 5.69. The lowest BCUT2D eigenvalue weighted by Crippen LogP contribution is -2.13. The van der Waals surface area contributed by atoms with Gasteiger partial charge in [-0.1, -0.05) is 23.2 Å². The number of aryl methyl sites for hydroxylation is 1. The largest absolute Gasteiger partial charge is 0.285 e. The number of hydrogen-bond donors (Lipinski definition) is 1. The molecule has 0 aliphatic carbocycles. The molecule has 0 aliphatic rings. The molecule has 0 bridgehead atoms. The van der Waals surface area contributed by atoms with Crippen molar-refractivity contribution in [2.75, 3.05) is 5.43 Å². The van der Waals surface area contributed by atoms with E-state index in [0.29, 0.717) is 20.6 Å². The van der Waals surface area contributed by atoms with Crippen molar-refractivity contribution in [2.24, 2.45) is 5.10 Å². The smallest absolute Gasteiger partial charge is 0.234 e. The van der Waals surface area contributed by atoms with Gasteiger partial charge in [-0.2, -0.15) is 10.4 Å². The van der Waals surface area contributed by atoms with E-state index < -0.39 is 5.78 Å². The number of hydrazone groups is 1. The summed E-state index contributed by atoms with van der Waals surface area (Å²) in [7, 11) is 0. The highest BCUT2D eigenvalue weighted by molar-refractivity contribution is 7.21. The Bertz CT molecular complexity index is 1030. The van der Waals surface area contributed by atoms with Gasteiger partial charge in [-0.05, 0) is 60.3 Å². The van der Waals surface area contributed by atoms with Crippen molar-refractivity contribution in [3.05, 3.63) is 63.0 Å². The zero-order valence-corrected chi connectivity index (χ0v) is 15.3. The molecule has 25 heavy (non-hydrogen) atoms. The molecule has 1 heterocycles.